The van der Waals surface area contributed by atoms with E-state index in [1.807, 2.05) is 6.92 Å². The zero-order valence-corrected chi connectivity index (χ0v) is 19.7. The number of aliphatic hydroxyl groups excluding tert-OH is 1. The minimum absolute atomic E-state index is 0.0760. The fourth-order valence-electron chi connectivity index (χ4n) is 4.30. The maximum absolute atomic E-state index is 11.4. The van der Waals surface area contributed by atoms with Crippen molar-refractivity contribution in [3.8, 4) is 17.4 Å². The van der Waals surface area contributed by atoms with Gasteiger partial charge in [0, 0.05) is 23.2 Å². The van der Waals surface area contributed by atoms with E-state index in [0.717, 1.165) is 31.2 Å². The van der Waals surface area contributed by atoms with Gasteiger partial charge < -0.3 is 29.2 Å². The number of methoxy groups -OCH3 is 3. The number of rotatable bonds is 11. The summed E-state index contributed by atoms with van der Waals surface area (Å²) in [5.74, 6) is 0.562. The van der Waals surface area contributed by atoms with Gasteiger partial charge in [0.1, 0.15) is 17.6 Å². The third-order valence-corrected chi connectivity index (χ3v) is 6.08. The van der Waals surface area contributed by atoms with E-state index in [9.17, 15) is 9.90 Å². The Morgan fingerprint density at radius 3 is 2.27 bits per heavy atom. The molecule has 2 atom stereocenters. The predicted molar refractivity (Wildman–Crippen MR) is 122 cm³/mol. The summed E-state index contributed by atoms with van der Waals surface area (Å²) in [6, 6.07) is 7.07. The van der Waals surface area contributed by atoms with E-state index >= 15 is 0 Å². The van der Waals surface area contributed by atoms with Crippen molar-refractivity contribution in [2.75, 3.05) is 21.3 Å². The maximum Gasteiger partial charge on any atom is 0.308 e. The lowest BCUT2D eigenvalue weighted by Crippen LogP contribution is -2.29. The second kappa shape index (κ2) is 11.3. The monoisotopic (exact) mass is 459 g/mol. The first-order valence-corrected chi connectivity index (χ1v) is 11.2. The molecular weight excluding hydrogens is 426 g/mol. The van der Waals surface area contributed by atoms with E-state index in [1.165, 1.54) is 7.11 Å². The summed E-state index contributed by atoms with van der Waals surface area (Å²) in [5.41, 5.74) is 2.63. The van der Waals surface area contributed by atoms with Crippen LogP contribution in [0.1, 0.15) is 54.2 Å². The number of hydrogen-bond acceptors (Lipinski definition) is 7. The minimum atomic E-state index is -0.956. The van der Waals surface area contributed by atoms with Crippen LogP contribution in [0, 0.1) is 6.92 Å². The van der Waals surface area contributed by atoms with Gasteiger partial charge in [-0.2, -0.15) is 0 Å². The Labute approximate surface area is 194 Å². The Hall–Kier alpha value is -2.84. The topological polar surface area (TPSA) is 107 Å². The summed E-state index contributed by atoms with van der Waals surface area (Å²) in [7, 11) is 4.63. The molecule has 1 aromatic carbocycles. The van der Waals surface area contributed by atoms with Crippen LogP contribution in [0.2, 0.25) is 0 Å². The smallest absolute Gasteiger partial charge is 0.308 e. The standard InChI is InChI=1S/C25H33NO7/c1-15-20(30-2)11-17(12-21(15)31-3)24(29)22(33-19-7-5-6-8-19)14-18-10-9-16(13-23(27)28)25(26-18)32-4/h9-12,19,22,24,29H,5-8,13-14H2,1-4H3,(H,27,28)/t22-,24+/m0/s1. The van der Waals surface area contributed by atoms with Crippen LogP contribution in [0.5, 0.6) is 17.4 Å². The molecule has 1 aliphatic carbocycles. The molecule has 0 aliphatic heterocycles. The number of carbonyl (C=O) groups is 1. The van der Waals surface area contributed by atoms with Crippen LogP contribution in [0.4, 0.5) is 0 Å². The summed E-state index contributed by atoms with van der Waals surface area (Å²) in [4.78, 5) is 15.6. The molecule has 0 saturated heterocycles. The predicted octanol–water partition coefficient (Wildman–Crippen LogP) is 3.65. The SMILES string of the molecule is COc1cc([C@@H](O)[C@H](Cc2ccc(CC(=O)O)c(OC)n2)OC2CCCC2)cc(OC)c1C. The molecule has 3 rings (SSSR count). The first-order chi connectivity index (χ1) is 15.9. The van der Waals surface area contributed by atoms with Crippen molar-refractivity contribution in [3.05, 3.63) is 46.6 Å². The highest BCUT2D eigenvalue weighted by atomic mass is 16.5. The number of carboxylic acids is 1. The van der Waals surface area contributed by atoms with Gasteiger partial charge in [-0.25, -0.2) is 4.98 Å². The third kappa shape index (κ3) is 6.15. The Balaban J connectivity index is 1.91. The molecule has 1 saturated carbocycles. The van der Waals surface area contributed by atoms with E-state index in [4.69, 9.17) is 24.1 Å². The van der Waals surface area contributed by atoms with Crippen LogP contribution in [0.15, 0.2) is 24.3 Å². The molecule has 0 radical (unpaired) electrons. The van der Waals surface area contributed by atoms with Crippen molar-refractivity contribution in [2.24, 2.45) is 0 Å². The number of nitrogens with zero attached hydrogens (tertiary/aromatic N) is 1. The zero-order valence-electron chi connectivity index (χ0n) is 19.7. The minimum Gasteiger partial charge on any atom is -0.496 e. The molecule has 1 fully saturated rings. The number of aliphatic carboxylic acids is 1. The Kier molecular flexibility index (Phi) is 8.52. The Morgan fingerprint density at radius 2 is 1.73 bits per heavy atom. The van der Waals surface area contributed by atoms with Crippen molar-refractivity contribution in [1.82, 2.24) is 4.98 Å². The van der Waals surface area contributed by atoms with Crippen molar-refractivity contribution in [2.45, 2.75) is 63.8 Å². The van der Waals surface area contributed by atoms with E-state index in [0.29, 0.717) is 34.7 Å². The average Bonchev–Trinajstić information content (AvgIpc) is 3.32. The normalized spacial score (nSPS) is 15.8. The lowest BCUT2D eigenvalue weighted by molar-refractivity contribution is -0.136. The van der Waals surface area contributed by atoms with Gasteiger partial charge in [0.05, 0.1) is 40.0 Å². The van der Waals surface area contributed by atoms with E-state index in [-0.39, 0.29) is 18.4 Å². The third-order valence-electron chi connectivity index (χ3n) is 6.08. The van der Waals surface area contributed by atoms with E-state index < -0.39 is 18.2 Å². The summed E-state index contributed by atoms with van der Waals surface area (Å²) in [6.07, 6.45) is 2.85. The molecule has 180 valence electrons. The molecule has 1 aromatic heterocycles. The summed E-state index contributed by atoms with van der Waals surface area (Å²) in [6.45, 7) is 1.90. The first kappa shape index (κ1) is 24.8. The molecule has 0 bridgehead atoms. The number of aromatic nitrogens is 1. The van der Waals surface area contributed by atoms with Crippen LogP contribution in [-0.2, 0) is 22.4 Å². The fourth-order valence-corrected chi connectivity index (χ4v) is 4.30. The molecule has 0 spiro atoms. The molecule has 1 aliphatic rings. The van der Waals surface area contributed by atoms with Crippen LogP contribution in [-0.4, -0.2) is 54.7 Å². The lowest BCUT2D eigenvalue weighted by atomic mass is 9.97. The second-order valence-corrected chi connectivity index (χ2v) is 8.32. The van der Waals surface area contributed by atoms with Crippen molar-refractivity contribution >= 4 is 5.97 Å². The Bertz CT molecular complexity index is 931. The molecule has 33 heavy (non-hydrogen) atoms. The number of carboxylic acid groups (broad SMARTS) is 1. The van der Waals surface area contributed by atoms with Gasteiger partial charge in [-0.05, 0) is 43.5 Å². The first-order valence-electron chi connectivity index (χ1n) is 11.2. The zero-order chi connectivity index (χ0) is 24.0. The van der Waals surface area contributed by atoms with Crippen molar-refractivity contribution < 1.29 is 34.0 Å². The molecule has 2 N–H and O–H groups in total. The van der Waals surface area contributed by atoms with Crippen molar-refractivity contribution in [3.63, 3.8) is 0 Å². The Morgan fingerprint density at radius 1 is 1.09 bits per heavy atom. The highest BCUT2D eigenvalue weighted by molar-refractivity contribution is 5.71. The van der Waals surface area contributed by atoms with Gasteiger partial charge >= 0.3 is 5.97 Å². The number of ether oxygens (including phenoxy) is 4. The highest BCUT2D eigenvalue weighted by Gasteiger charge is 2.29. The molecule has 0 unspecified atom stereocenters. The maximum atomic E-state index is 11.4. The van der Waals surface area contributed by atoms with E-state index in [1.54, 1.807) is 38.5 Å². The molecule has 2 aromatic rings. The van der Waals surface area contributed by atoms with Crippen molar-refractivity contribution in [1.29, 1.82) is 0 Å². The quantitative estimate of drug-likeness (QED) is 0.524. The van der Waals surface area contributed by atoms with Gasteiger partial charge in [-0.3, -0.25) is 4.79 Å². The van der Waals surface area contributed by atoms with Gasteiger partial charge in [0.15, 0.2) is 0 Å². The van der Waals surface area contributed by atoms with Gasteiger partial charge in [-0.15, -0.1) is 0 Å². The molecule has 1 heterocycles. The number of hydrogen-bond donors (Lipinski definition) is 2. The summed E-state index contributed by atoms with van der Waals surface area (Å²) < 4.78 is 22.6. The molecular formula is C25H33NO7. The highest BCUT2D eigenvalue weighted by Crippen LogP contribution is 2.35. The van der Waals surface area contributed by atoms with Crippen LogP contribution in [0.3, 0.4) is 0 Å². The van der Waals surface area contributed by atoms with Gasteiger partial charge in [0.2, 0.25) is 5.88 Å². The van der Waals surface area contributed by atoms with E-state index in [2.05, 4.69) is 4.98 Å². The number of benzene rings is 1. The number of aliphatic hydroxyl groups is 1. The van der Waals surface area contributed by atoms with Crippen LogP contribution in [0.25, 0.3) is 0 Å². The summed E-state index contributed by atoms with van der Waals surface area (Å²) >= 11 is 0. The van der Waals surface area contributed by atoms with Crippen LogP contribution >= 0.6 is 0 Å². The number of pyridine rings is 1. The van der Waals surface area contributed by atoms with Gasteiger partial charge in [-0.1, -0.05) is 18.9 Å². The molecule has 8 nitrogen and oxygen atoms in total. The average molecular weight is 460 g/mol. The summed E-state index contributed by atoms with van der Waals surface area (Å²) in [5, 5.41) is 20.5. The van der Waals surface area contributed by atoms with Crippen LogP contribution < -0.4 is 14.2 Å². The van der Waals surface area contributed by atoms with Gasteiger partial charge in [0.25, 0.3) is 0 Å². The molecule has 8 heteroatoms. The molecule has 0 amide bonds. The fraction of sp³-hybridized carbons (Fsp3) is 0.520. The second-order valence-electron chi connectivity index (χ2n) is 8.32. The largest absolute Gasteiger partial charge is 0.496 e. The lowest BCUT2D eigenvalue weighted by Gasteiger charge is -2.28.